The highest BCUT2D eigenvalue weighted by molar-refractivity contribution is 5.86. The zero-order chi connectivity index (χ0) is 25.0. The number of halogens is 2. The summed E-state index contributed by atoms with van der Waals surface area (Å²) in [5.74, 6) is -9.03. The molecule has 1 saturated carbocycles. The Kier molecular flexibility index (Phi) is 5.51. The zero-order valence-corrected chi connectivity index (χ0v) is 18.6. The predicted octanol–water partition coefficient (Wildman–Crippen LogP) is 2.45. The van der Waals surface area contributed by atoms with E-state index in [0.717, 1.165) is 27.2 Å². The number of carboxylic acids is 1. The van der Waals surface area contributed by atoms with Gasteiger partial charge in [-0.3, -0.25) is 4.79 Å². The maximum absolute atomic E-state index is 14.3. The number of aliphatic carboxylic acids is 1. The van der Waals surface area contributed by atoms with Crippen molar-refractivity contribution in [2.45, 2.75) is 23.9 Å². The molecule has 2 aromatic rings. The van der Waals surface area contributed by atoms with E-state index < -0.39 is 54.4 Å². The Labute approximate surface area is 199 Å². The highest BCUT2D eigenvalue weighted by Gasteiger charge is 2.72. The molecule has 1 aliphatic heterocycles. The van der Waals surface area contributed by atoms with Gasteiger partial charge in [0, 0.05) is 25.4 Å². The van der Waals surface area contributed by atoms with Crippen LogP contribution in [0.15, 0.2) is 48.5 Å². The van der Waals surface area contributed by atoms with Gasteiger partial charge in [-0.05, 0) is 22.3 Å². The van der Waals surface area contributed by atoms with Crippen molar-refractivity contribution in [2.24, 2.45) is 11.8 Å². The van der Waals surface area contributed by atoms with Crippen LogP contribution in [0.25, 0.3) is 11.1 Å². The highest BCUT2D eigenvalue weighted by Crippen LogP contribution is 2.56. The smallest absolute Gasteiger partial charge is 0.407 e. The minimum atomic E-state index is -3.34. The summed E-state index contributed by atoms with van der Waals surface area (Å²) in [5, 5.41) is 21.4. The number of aliphatic hydroxyl groups is 1. The van der Waals surface area contributed by atoms with Crippen LogP contribution in [-0.4, -0.2) is 70.8 Å². The number of carbonyl (C=O) groups excluding carboxylic acids is 2. The normalized spacial score (nSPS) is 26.1. The molecule has 3 aliphatic rings. The molecule has 1 heterocycles. The van der Waals surface area contributed by atoms with E-state index in [-0.39, 0.29) is 25.5 Å². The Morgan fingerprint density at radius 3 is 2.23 bits per heavy atom. The number of rotatable bonds is 6. The number of carbonyl (C=O) groups is 3. The topological polar surface area (TPSA) is 116 Å². The number of benzene rings is 2. The van der Waals surface area contributed by atoms with Crippen molar-refractivity contribution in [3.8, 4) is 11.1 Å². The second-order valence-corrected chi connectivity index (χ2v) is 9.31. The predicted molar refractivity (Wildman–Crippen MR) is 119 cm³/mol. The van der Waals surface area contributed by atoms with E-state index in [1.54, 1.807) is 0 Å². The Morgan fingerprint density at radius 1 is 1.06 bits per heavy atom. The molecule has 35 heavy (non-hydrogen) atoms. The quantitative estimate of drug-likeness (QED) is 0.578. The number of hydrogen-bond acceptors (Lipinski definition) is 5. The first kappa shape index (κ1) is 23.2. The first-order valence-electron chi connectivity index (χ1n) is 11.3. The fraction of sp³-hybridized carbons (Fsp3) is 0.400. The molecule has 2 aromatic carbocycles. The van der Waals surface area contributed by atoms with Crippen molar-refractivity contribution in [1.82, 2.24) is 10.2 Å². The number of alkyl halides is 2. The van der Waals surface area contributed by atoms with Gasteiger partial charge in [0.15, 0.2) is 5.60 Å². The average Bonchev–Trinajstić information content (AvgIpc) is 3.12. The number of fused-ring (bicyclic) bond motifs is 3. The van der Waals surface area contributed by atoms with Crippen molar-refractivity contribution < 1.29 is 38.1 Å². The lowest BCUT2D eigenvalue weighted by atomic mass is 9.98. The fourth-order valence-electron chi connectivity index (χ4n) is 5.18. The molecule has 10 heteroatoms. The van der Waals surface area contributed by atoms with Crippen molar-refractivity contribution in [3.63, 3.8) is 0 Å². The minimum absolute atomic E-state index is 0.0326. The van der Waals surface area contributed by atoms with E-state index in [1.165, 1.54) is 0 Å². The molecule has 3 N–H and O–H groups in total. The van der Waals surface area contributed by atoms with Crippen LogP contribution in [0.1, 0.15) is 23.5 Å². The highest BCUT2D eigenvalue weighted by atomic mass is 19.3. The second-order valence-electron chi connectivity index (χ2n) is 9.31. The number of hydrogen-bond donors (Lipinski definition) is 3. The van der Waals surface area contributed by atoms with E-state index in [9.17, 15) is 28.3 Å². The van der Waals surface area contributed by atoms with Gasteiger partial charge in [-0.25, -0.2) is 18.4 Å². The lowest BCUT2D eigenvalue weighted by Gasteiger charge is -2.19. The van der Waals surface area contributed by atoms with E-state index >= 15 is 0 Å². The van der Waals surface area contributed by atoms with Gasteiger partial charge in [-0.15, -0.1) is 0 Å². The number of nitrogens with zero attached hydrogens (tertiary/aromatic N) is 1. The standard InChI is InChI=1S/C25H24F2N2O6/c26-25(27)19(20(25)21(30)29-10-9-24(34,13-29)22(31)32)11-28-23(33)35-12-18-16-7-3-1-5-14(16)15-6-2-4-8-17(15)18/h1-8,18-20,34H,9-13H2,(H,28,33)(H,31,32). The van der Waals surface area contributed by atoms with Crippen molar-refractivity contribution in [3.05, 3.63) is 59.7 Å². The van der Waals surface area contributed by atoms with E-state index in [4.69, 9.17) is 9.84 Å². The molecular formula is C25H24F2N2O6. The number of ether oxygens (including phenoxy) is 1. The minimum Gasteiger partial charge on any atom is -0.479 e. The third-order valence-corrected chi connectivity index (χ3v) is 7.24. The van der Waals surface area contributed by atoms with Crippen LogP contribution in [0.4, 0.5) is 13.6 Å². The van der Waals surface area contributed by atoms with Crippen molar-refractivity contribution >= 4 is 18.0 Å². The van der Waals surface area contributed by atoms with Gasteiger partial charge in [0.25, 0.3) is 5.92 Å². The number of nitrogens with one attached hydrogen (secondary N) is 1. The molecule has 0 bridgehead atoms. The van der Waals surface area contributed by atoms with E-state index in [1.807, 2.05) is 48.5 Å². The summed E-state index contributed by atoms with van der Waals surface area (Å²) >= 11 is 0. The summed E-state index contributed by atoms with van der Waals surface area (Å²) < 4.78 is 34.0. The number of carboxylic acid groups (broad SMARTS) is 1. The summed E-state index contributed by atoms with van der Waals surface area (Å²) in [6.45, 7) is -1.09. The van der Waals surface area contributed by atoms with Crippen LogP contribution < -0.4 is 5.32 Å². The van der Waals surface area contributed by atoms with Gasteiger partial charge in [0.2, 0.25) is 5.91 Å². The maximum Gasteiger partial charge on any atom is 0.407 e. The third-order valence-electron chi connectivity index (χ3n) is 7.24. The lowest BCUT2D eigenvalue weighted by molar-refractivity contribution is -0.157. The number of alkyl carbamates (subject to hydrolysis) is 1. The van der Waals surface area contributed by atoms with Crippen LogP contribution in [0.3, 0.4) is 0 Å². The Morgan fingerprint density at radius 2 is 1.66 bits per heavy atom. The summed E-state index contributed by atoms with van der Waals surface area (Å²) in [6, 6.07) is 15.6. The largest absolute Gasteiger partial charge is 0.479 e. The first-order valence-corrected chi connectivity index (χ1v) is 11.3. The molecule has 0 spiro atoms. The molecule has 3 atom stereocenters. The van der Waals surface area contributed by atoms with Crippen LogP contribution in [-0.2, 0) is 14.3 Å². The number of β-amino-alcohol motifs (C(OH)–C–C–N with tert-alkyl or cyclic N) is 1. The molecule has 184 valence electrons. The van der Waals surface area contributed by atoms with Gasteiger partial charge in [0.1, 0.15) is 12.5 Å². The van der Waals surface area contributed by atoms with Crippen LogP contribution in [0.2, 0.25) is 0 Å². The maximum atomic E-state index is 14.3. The molecule has 2 aliphatic carbocycles. The van der Waals surface area contributed by atoms with Crippen molar-refractivity contribution in [1.29, 1.82) is 0 Å². The summed E-state index contributed by atoms with van der Waals surface area (Å²) in [7, 11) is 0. The molecule has 5 rings (SSSR count). The van der Waals surface area contributed by atoms with Gasteiger partial charge in [-0.1, -0.05) is 48.5 Å². The van der Waals surface area contributed by atoms with Gasteiger partial charge in [0.05, 0.1) is 12.5 Å². The summed E-state index contributed by atoms with van der Waals surface area (Å²) in [4.78, 5) is 36.9. The molecule has 8 nitrogen and oxygen atoms in total. The fourth-order valence-corrected chi connectivity index (χ4v) is 5.18. The average molecular weight is 486 g/mol. The molecule has 0 radical (unpaired) electrons. The molecular weight excluding hydrogens is 462 g/mol. The Bertz CT molecular complexity index is 1160. The van der Waals surface area contributed by atoms with E-state index in [2.05, 4.69) is 5.32 Å². The molecule has 1 saturated heterocycles. The zero-order valence-electron chi connectivity index (χ0n) is 18.6. The van der Waals surface area contributed by atoms with E-state index in [0.29, 0.717) is 0 Å². The monoisotopic (exact) mass is 486 g/mol. The Balaban J connectivity index is 1.16. The lowest BCUT2D eigenvalue weighted by Crippen LogP contribution is -2.43. The van der Waals surface area contributed by atoms with Gasteiger partial charge < -0.3 is 25.2 Å². The second kappa shape index (κ2) is 8.30. The van der Waals surface area contributed by atoms with Crippen LogP contribution in [0, 0.1) is 11.8 Å². The number of amides is 2. The SMILES string of the molecule is O=C(NCC1C(C(=O)N2CCC(O)(C(=O)O)C2)C1(F)F)OCC1c2ccccc2-c2ccccc21. The summed E-state index contributed by atoms with van der Waals surface area (Å²) in [6.07, 6.45) is -1.09. The van der Waals surface area contributed by atoms with Gasteiger partial charge >= 0.3 is 12.1 Å². The molecule has 0 aromatic heterocycles. The third kappa shape index (κ3) is 3.91. The number of likely N-dealkylation sites (tertiary alicyclic amines) is 1. The Hall–Kier alpha value is -3.53. The van der Waals surface area contributed by atoms with Crippen LogP contribution in [0.5, 0.6) is 0 Å². The van der Waals surface area contributed by atoms with Crippen molar-refractivity contribution in [2.75, 3.05) is 26.2 Å². The first-order chi connectivity index (χ1) is 16.6. The van der Waals surface area contributed by atoms with Gasteiger partial charge in [-0.2, -0.15) is 0 Å². The molecule has 2 amide bonds. The molecule has 2 fully saturated rings. The summed E-state index contributed by atoms with van der Waals surface area (Å²) in [5.41, 5.74) is 2.04. The molecule has 3 unspecified atom stereocenters. The van der Waals surface area contributed by atoms with Crippen LogP contribution >= 0.6 is 0 Å².